The quantitative estimate of drug-likeness (QED) is 0.897. The first kappa shape index (κ1) is 18.5. The molecule has 0 spiro atoms. The Balaban J connectivity index is 1.58. The highest BCUT2D eigenvalue weighted by Gasteiger charge is 2.18. The van der Waals surface area contributed by atoms with Crippen molar-refractivity contribution in [3.8, 4) is 0 Å². The Morgan fingerprint density at radius 3 is 2.46 bits per heavy atom. The molecule has 138 valence electrons. The van der Waals surface area contributed by atoms with Gasteiger partial charge in [-0.05, 0) is 61.7 Å². The van der Waals surface area contributed by atoms with Crippen molar-refractivity contribution < 1.29 is 4.79 Å². The molecule has 1 heterocycles. The number of hydrogen-bond acceptors (Lipinski definition) is 3. The number of nitrogens with zero attached hydrogens (tertiary/aromatic N) is 2. The lowest BCUT2D eigenvalue weighted by Crippen LogP contribution is -2.46. The molecule has 4 nitrogen and oxygen atoms in total. The van der Waals surface area contributed by atoms with Gasteiger partial charge in [0.1, 0.15) is 0 Å². The third-order valence-corrected chi connectivity index (χ3v) is 5.16. The van der Waals surface area contributed by atoms with E-state index in [1.807, 2.05) is 25.1 Å². The third-order valence-electron chi connectivity index (χ3n) is 5.16. The van der Waals surface area contributed by atoms with Crippen LogP contribution in [0, 0.1) is 13.8 Å². The van der Waals surface area contributed by atoms with Crippen LogP contribution in [0.2, 0.25) is 0 Å². The molecule has 2 aromatic rings. The fraction of sp³-hybridized carbons (Fsp3) is 0.409. The van der Waals surface area contributed by atoms with Gasteiger partial charge in [-0.3, -0.25) is 9.69 Å². The van der Waals surface area contributed by atoms with Gasteiger partial charge in [0, 0.05) is 50.5 Å². The molecule has 2 aromatic carbocycles. The van der Waals surface area contributed by atoms with Crippen molar-refractivity contribution in [1.29, 1.82) is 0 Å². The van der Waals surface area contributed by atoms with Gasteiger partial charge in [-0.1, -0.05) is 18.2 Å². The first-order valence-corrected chi connectivity index (χ1v) is 9.48. The molecule has 3 rings (SSSR count). The van der Waals surface area contributed by atoms with Crippen LogP contribution in [-0.4, -0.2) is 43.5 Å². The van der Waals surface area contributed by atoms with Crippen LogP contribution in [0.3, 0.4) is 0 Å². The van der Waals surface area contributed by atoms with E-state index in [9.17, 15) is 4.79 Å². The summed E-state index contributed by atoms with van der Waals surface area (Å²) in [6.45, 7) is 12.0. The Labute approximate surface area is 156 Å². The van der Waals surface area contributed by atoms with Gasteiger partial charge in [-0.2, -0.15) is 0 Å². The molecule has 0 radical (unpaired) electrons. The van der Waals surface area contributed by atoms with Crippen LogP contribution in [-0.2, 0) is 6.54 Å². The predicted molar refractivity (Wildman–Crippen MR) is 108 cm³/mol. The van der Waals surface area contributed by atoms with Gasteiger partial charge in [0.25, 0.3) is 5.91 Å². The molecule has 1 fully saturated rings. The summed E-state index contributed by atoms with van der Waals surface area (Å²) in [5, 5.41) is 2.87. The average Bonchev–Trinajstić information content (AvgIpc) is 2.65. The van der Waals surface area contributed by atoms with Crippen molar-refractivity contribution in [3.05, 3.63) is 64.7 Å². The smallest absolute Gasteiger partial charge is 0.251 e. The molecule has 0 atom stereocenters. The summed E-state index contributed by atoms with van der Waals surface area (Å²) in [7, 11) is 0. The number of carbonyl (C=O) groups is 1. The topological polar surface area (TPSA) is 35.6 Å². The van der Waals surface area contributed by atoms with Crippen molar-refractivity contribution in [1.82, 2.24) is 10.2 Å². The summed E-state index contributed by atoms with van der Waals surface area (Å²) in [6, 6.07) is 14.7. The number of piperazine rings is 1. The van der Waals surface area contributed by atoms with Crippen molar-refractivity contribution in [2.24, 2.45) is 0 Å². The minimum Gasteiger partial charge on any atom is -0.369 e. The number of benzene rings is 2. The second-order valence-electron chi connectivity index (χ2n) is 7.09. The van der Waals surface area contributed by atoms with E-state index < -0.39 is 0 Å². The van der Waals surface area contributed by atoms with E-state index in [1.165, 1.54) is 22.4 Å². The van der Waals surface area contributed by atoms with E-state index in [-0.39, 0.29) is 5.91 Å². The number of hydrogen-bond donors (Lipinski definition) is 1. The predicted octanol–water partition coefficient (Wildman–Crippen LogP) is 3.38. The fourth-order valence-electron chi connectivity index (χ4n) is 3.42. The monoisotopic (exact) mass is 351 g/mol. The Morgan fingerprint density at radius 2 is 1.77 bits per heavy atom. The zero-order valence-electron chi connectivity index (χ0n) is 16.1. The first-order chi connectivity index (χ1) is 12.6. The van der Waals surface area contributed by atoms with Gasteiger partial charge in [0.2, 0.25) is 0 Å². The molecule has 0 aromatic heterocycles. The number of carbonyl (C=O) groups excluding carboxylic acids is 1. The Hall–Kier alpha value is -2.33. The molecule has 4 heteroatoms. The lowest BCUT2D eigenvalue weighted by Gasteiger charge is -2.36. The van der Waals surface area contributed by atoms with Gasteiger partial charge < -0.3 is 10.2 Å². The molecule has 0 unspecified atom stereocenters. The van der Waals surface area contributed by atoms with E-state index in [0.29, 0.717) is 6.54 Å². The van der Waals surface area contributed by atoms with Crippen LogP contribution in [0.15, 0.2) is 42.5 Å². The molecule has 0 saturated carbocycles. The Kier molecular flexibility index (Phi) is 5.94. The summed E-state index contributed by atoms with van der Waals surface area (Å²) in [5.74, 6) is 0.00825. The highest BCUT2D eigenvalue weighted by Crippen LogP contribution is 2.21. The summed E-state index contributed by atoms with van der Waals surface area (Å²) in [4.78, 5) is 16.9. The zero-order valence-corrected chi connectivity index (χ0v) is 16.1. The maximum atomic E-state index is 12.0. The lowest BCUT2D eigenvalue weighted by molar-refractivity contribution is 0.0955. The number of aryl methyl sites for hydroxylation is 2. The fourth-order valence-corrected chi connectivity index (χ4v) is 3.42. The van der Waals surface area contributed by atoms with E-state index in [2.05, 4.69) is 53.2 Å². The van der Waals surface area contributed by atoms with Crippen molar-refractivity contribution in [2.75, 3.05) is 37.6 Å². The van der Waals surface area contributed by atoms with Gasteiger partial charge in [0.05, 0.1) is 0 Å². The van der Waals surface area contributed by atoms with Crippen LogP contribution < -0.4 is 10.2 Å². The van der Waals surface area contributed by atoms with E-state index >= 15 is 0 Å². The summed E-state index contributed by atoms with van der Waals surface area (Å²) >= 11 is 0. The van der Waals surface area contributed by atoms with Gasteiger partial charge in [-0.25, -0.2) is 0 Å². The van der Waals surface area contributed by atoms with E-state index in [1.54, 1.807) is 0 Å². The first-order valence-electron chi connectivity index (χ1n) is 9.48. The van der Waals surface area contributed by atoms with Crippen molar-refractivity contribution in [2.45, 2.75) is 27.3 Å². The summed E-state index contributed by atoms with van der Waals surface area (Å²) in [6.07, 6.45) is 0. The maximum absolute atomic E-state index is 12.0. The number of nitrogens with one attached hydrogen (secondary N) is 1. The number of rotatable bonds is 5. The maximum Gasteiger partial charge on any atom is 0.251 e. The van der Waals surface area contributed by atoms with Crippen LogP contribution in [0.1, 0.15) is 34.0 Å². The van der Waals surface area contributed by atoms with Crippen LogP contribution in [0.4, 0.5) is 5.69 Å². The highest BCUT2D eigenvalue weighted by molar-refractivity contribution is 5.94. The second-order valence-corrected chi connectivity index (χ2v) is 7.09. The minimum absolute atomic E-state index is 0.00825. The van der Waals surface area contributed by atoms with Gasteiger partial charge in [-0.15, -0.1) is 0 Å². The van der Waals surface area contributed by atoms with Gasteiger partial charge in [0.15, 0.2) is 0 Å². The molecule has 1 amide bonds. The third kappa shape index (κ3) is 4.44. The molecule has 1 aliphatic rings. The van der Waals surface area contributed by atoms with Crippen LogP contribution >= 0.6 is 0 Å². The molecule has 0 bridgehead atoms. The molecule has 1 N–H and O–H groups in total. The highest BCUT2D eigenvalue weighted by atomic mass is 16.1. The van der Waals surface area contributed by atoms with Gasteiger partial charge >= 0.3 is 0 Å². The van der Waals surface area contributed by atoms with E-state index in [4.69, 9.17) is 0 Å². The Morgan fingerprint density at radius 1 is 1.00 bits per heavy atom. The SMILES string of the molecule is CCNC(=O)c1cccc(CN2CCN(c3ccc(C)c(C)c3)CC2)c1. The average molecular weight is 351 g/mol. The zero-order chi connectivity index (χ0) is 18.5. The molecular formula is C22H29N3O. The van der Waals surface area contributed by atoms with Crippen LogP contribution in [0.5, 0.6) is 0 Å². The lowest BCUT2D eigenvalue weighted by atomic mass is 10.1. The standard InChI is InChI=1S/C22H29N3O/c1-4-23-22(26)20-7-5-6-19(15-20)16-24-10-12-25(13-11-24)21-9-8-17(2)18(3)14-21/h5-9,14-15H,4,10-13,16H2,1-3H3,(H,23,26). The normalized spacial score (nSPS) is 15.1. The van der Waals surface area contributed by atoms with E-state index in [0.717, 1.165) is 38.3 Å². The van der Waals surface area contributed by atoms with Crippen molar-refractivity contribution in [3.63, 3.8) is 0 Å². The number of amides is 1. The molecule has 1 aliphatic heterocycles. The largest absolute Gasteiger partial charge is 0.369 e. The molecule has 0 aliphatic carbocycles. The Bertz CT molecular complexity index is 764. The van der Waals surface area contributed by atoms with Crippen LogP contribution in [0.25, 0.3) is 0 Å². The summed E-state index contributed by atoms with van der Waals surface area (Å²) in [5.41, 5.74) is 5.98. The second kappa shape index (κ2) is 8.37. The molecule has 26 heavy (non-hydrogen) atoms. The summed E-state index contributed by atoms with van der Waals surface area (Å²) < 4.78 is 0. The van der Waals surface area contributed by atoms with Crippen molar-refractivity contribution >= 4 is 11.6 Å². The molecule has 1 saturated heterocycles. The molecular weight excluding hydrogens is 322 g/mol. The minimum atomic E-state index is 0.00825. The number of anilines is 1.